The molecule has 5 atom stereocenters. The molecule has 1 aliphatic heterocycles. The van der Waals surface area contributed by atoms with E-state index in [0.29, 0.717) is 19.8 Å². The average Bonchev–Trinajstić information content (AvgIpc) is 2.94. The molecule has 1 saturated heterocycles. The molecule has 0 aliphatic carbocycles. The van der Waals surface area contributed by atoms with Gasteiger partial charge in [-0.3, -0.25) is 0 Å². The molecule has 7 heteroatoms. The SMILES string of the molecule is CCOC(=O)C1O[C@H](COCc2ccccc2)C(OCc2ccccc2)C(OCc2ccccc2)C1N. The third-order valence-electron chi connectivity index (χ3n) is 6.22. The highest BCUT2D eigenvalue weighted by Crippen LogP contribution is 2.28. The second-order valence-electron chi connectivity index (χ2n) is 8.95. The molecule has 0 aromatic heterocycles. The molecule has 4 unspecified atom stereocenters. The maximum atomic E-state index is 12.8. The minimum Gasteiger partial charge on any atom is -0.464 e. The fraction of sp³-hybridized carbons (Fsp3) is 0.367. The number of esters is 1. The zero-order valence-corrected chi connectivity index (χ0v) is 21.1. The predicted molar refractivity (Wildman–Crippen MR) is 139 cm³/mol. The summed E-state index contributed by atoms with van der Waals surface area (Å²) < 4.78 is 30.2. The molecule has 1 fully saturated rings. The fourth-order valence-corrected chi connectivity index (χ4v) is 4.34. The molecule has 37 heavy (non-hydrogen) atoms. The molecule has 3 aromatic rings. The summed E-state index contributed by atoms with van der Waals surface area (Å²) in [6.45, 7) is 3.23. The zero-order chi connectivity index (χ0) is 25.9. The summed E-state index contributed by atoms with van der Waals surface area (Å²) in [6.07, 6.45) is -2.79. The summed E-state index contributed by atoms with van der Waals surface area (Å²) in [5, 5.41) is 0. The van der Waals surface area contributed by atoms with Gasteiger partial charge in [-0.25, -0.2) is 4.79 Å². The number of hydrogen-bond donors (Lipinski definition) is 1. The summed E-state index contributed by atoms with van der Waals surface area (Å²) in [5.74, 6) is -0.516. The number of carbonyl (C=O) groups is 1. The van der Waals surface area contributed by atoms with Crippen LogP contribution in [0.2, 0.25) is 0 Å². The van der Waals surface area contributed by atoms with Crippen LogP contribution in [0.1, 0.15) is 23.6 Å². The summed E-state index contributed by atoms with van der Waals surface area (Å²) in [6, 6.07) is 28.8. The number of rotatable bonds is 12. The van der Waals surface area contributed by atoms with E-state index >= 15 is 0 Å². The van der Waals surface area contributed by atoms with Crippen LogP contribution in [0.4, 0.5) is 0 Å². The normalized spacial score (nSPS) is 23.5. The maximum absolute atomic E-state index is 12.8. The van der Waals surface area contributed by atoms with E-state index in [2.05, 4.69) is 0 Å². The van der Waals surface area contributed by atoms with Gasteiger partial charge in [0.2, 0.25) is 0 Å². The van der Waals surface area contributed by atoms with Gasteiger partial charge in [-0.05, 0) is 23.6 Å². The van der Waals surface area contributed by atoms with Crippen molar-refractivity contribution in [2.24, 2.45) is 5.73 Å². The van der Waals surface area contributed by atoms with Crippen molar-refractivity contribution in [2.45, 2.75) is 57.2 Å². The van der Waals surface area contributed by atoms with Gasteiger partial charge in [0.15, 0.2) is 6.10 Å². The molecule has 196 valence electrons. The van der Waals surface area contributed by atoms with Crippen LogP contribution in [0.3, 0.4) is 0 Å². The zero-order valence-electron chi connectivity index (χ0n) is 21.1. The highest BCUT2D eigenvalue weighted by atomic mass is 16.6. The number of benzene rings is 3. The highest BCUT2D eigenvalue weighted by molar-refractivity contribution is 5.76. The van der Waals surface area contributed by atoms with Crippen LogP contribution in [0, 0.1) is 0 Å². The molecule has 7 nitrogen and oxygen atoms in total. The van der Waals surface area contributed by atoms with Crippen LogP contribution in [0.5, 0.6) is 0 Å². The van der Waals surface area contributed by atoms with Crippen molar-refractivity contribution in [2.75, 3.05) is 13.2 Å². The first kappa shape index (κ1) is 27.0. The van der Waals surface area contributed by atoms with E-state index in [1.54, 1.807) is 6.92 Å². The standard InChI is InChI=1S/C30H35NO6/c1-2-34-30(32)29-26(31)28(36-20-24-16-10-5-11-17-24)27(35-19-23-14-8-4-9-15-23)25(37-29)21-33-18-22-12-6-3-7-13-22/h3-17,25-29H,2,18-21,31H2,1H3/t25-,26?,27?,28?,29?/m1/s1. The Labute approximate surface area is 218 Å². The molecule has 2 N–H and O–H groups in total. The highest BCUT2D eigenvalue weighted by Gasteiger charge is 2.49. The Kier molecular flexibility index (Phi) is 10.2. The molecule has 4 rings (SSSR count). The van der Waals surface area contributed by atoms with E-state index in [4.69, 9.17) is 29.4 Å². The predicted octanol–water partition coefficient (Wildman–Crippen LogP) is 4.03. The van der Waals surface area contributed by atoms with Gasteiger partial charge in [-0.2, -0.15) is 0 Å². The van der Waals surface area contributed by atoms with Crippen LogP contribution in [-0.4, -0.2) is 49.6 Å². The number of carbonyl (C=O) groups excluding carboxylic acids is 1. The van der Waals surface area contributed by atoms with Crippen LogP contribution in [0.15, 0.2) is 91.0 Å². The van der Waals surface area contributed by atoms with Crippen molar-refractivity contribution in [1.82, 2.24) is 0 Å². The third kappa shape index (κ3) is 7.71. The number of nitrogens with two attached hydrogens (primary N) is 1. The van der Waals surface area contributed by atoms with Crippen molar-refractivity contribution < 1.29 is 28.5 Å². The second-order valence-corrected chi connectivity index (χ2v) is 8.95. The largest absolute Gasteiger partial charge is 0.464 e. The lowest BCUT2D eigenvalue weighted by Crippen LogP contribution is -2.65. The van der Waals surface area contributed by atoms with E-state index in [-0.39, 0.29) is 13.2 Å². The first-order valence-corrected chi connectivity index (χ1v) is 12.7. The Bertz CT molecular complexity index is 1070. The van der Waals surface area contributed by atoms with Crippen LogP contribution in [0.25, 0.3) is 0 Å². The van der Waals surface area contributed by atoms with Gasteiger partial charge in [0.05, 0.1) is 39.1 Å². The first-order valence-electron chi connectivity index (χ1n) is 12.7. The van der Waals surface area contributed by atoms with Crippen molar-refractivity contribution in [3.05, 3.63) is 108 Å². The Morgan fingerprint density at radius 2 is 1.24 bits per heavy atom. The molecule has 0 amide bonds. The van der Waals surface area contributed by atoms with Crippen molar-refractivity contribution >= 4 is 5.97 Å². The van der Waals surface area contributed by atoms with Crippen LogP contribution < -0.4 is 5.73 Å². The summed E-state index contributed by atoms with van der Waals surface area (Å²) >= 11 is 0. The molecule has 1 aliphatic rings. The number of ether oxygens (including phenoxy) is 5. The molecule has 0 saturated carbocycles. The van der Waals surface area contributed by atoms with Gasteiger partial charge in [-0.15, -0.1) is 0 Å². The maximum Gasteiger partial charge on any atom is 0.337 e. The van der Waals surface area contributed by atoms with Gasteiger partial charge >= 0.3 is 5.97 Å². The molecule has 0 bridgehead atoms. The topological polar surface area (TPSA) is 89.2 Å². The lowest BCUT2D eigenvalue weighted by Gasteiger charge is -2.44. The Hall–Kier alpha value is -3.07. The van der Waals surface area contributed by atoms with Crippen LogP contribution >= 0.6 is 0 Å². The molecular formula is C30H35NO6. The van der Waals surface area contributed by atoms with Gasteiger partial charge in [0, 0.05) is 0 Å². The van der Waals surface area contributed by atoms with Gasteiger partial charge in [-0.1, -0.05) is 91.0 Å². The molecule has 1 heterocycles. The lowest BCUT2D eigenvalue weighted by atomic mass is 9.92. The quantitative estimate of drug-likeness (QED) is 0.372. The summed E-state index contributed by atoms with van der Waals surface area (Å²) in [4.78, 5) is 12.8. The van der Waals surface area contributed by atoms with Gasteiger partial charge < -0.3 is 29.4 Å². The Morgan fingerprint density at radius 1 is 0.757 bits per heavy atom. The third-order valence-corrected chi connectivity index (χ3v) is 6.22. The molecular weight excluding hydrogens is 470 g/mol. The van der Waals surface area contributed by atoms with E-state index in [1.165, 1.54) is 0 Å². The summed E-state index contributed by atoms with van der Waals surface area (Å²) in [5.41, 5.74) is 9.63. The van der Waals surface area contributed by atoms with Crippen LogP contribution in [-0.2, 0) is 48.3 Å². The second kappa shape index (κ2) is 14.0. The first-order chi connectivity index (χ1) is 18.2. The van der Waals surface area contributed by atoms with Crippen molar-refractivity contribution in [3.8, 4) is 0 Å². The summed E-state index contributed by atoms with van der Waals surface area (Å²) in [7, 11) is 0. The fourth-order valence-electron chi connectivity index (χ4n) is 4.34. The minimum absolute atomic E-state index is 0.197. The average molecular weight is 506 g/mol. The monoisotopic (exact) mass is 505 g/mol. The minimum atomic E-state index is -0.998. The van der Waals surface area contributed by atoms with E-state index in [1.807, 2.05) is 91.0 Å². The Balaban J connectivity index is 1.54. The van der Waals surface area contributed by atoms with E-state index in [0.717, 1.165) is 16.7 Å². The molecule has 0 radical (unpaired) electrons. The van der Waals surface area contributed by atoms with Gasteiger partial charge in [0.1, 0.15) is 18.3 Å². The Morgan fingerprint density at radius 3 is 1.76 bits per heavy atom. The van der Waals surface area contributed by atoms with E-state index in [9.17, 15) is 4.79 Å². The number of hydrogen-bond acceptors (Lipinski definition) is 7. The smallest absolute Gasteiger partial charge is 0.337 e. The van der Waals surface area contributed by atoms with Crippen molar-refractivity contribution in [3.63, 3.8) is 0 Å². The van der Waals surface area contributed by atoms with E-state index < -0.39 is 36.4 Å². The lowest BCUT2D eigenvalue weighted by molar-refractivity contribution is -0.233. The van der Waals surface area contributed by atoms with Gasteiger partial charge in [0.25, 0.3) is 0 Å². The van der Waals surface area contributed by atoms with Crippen molar-refractivity contribution in [1.29, 1.82) is 0 Å². The molecule has 3 aromatic carbocycles. The molecule has 0 spiro atoms.